The van der Waals surface area contributed by atoms with E-state index >= 15 is 0 Å². The van der Waals surface area contributed by atoms with Crippen LogP contribution in [-0.4, -0.2) is 42.6 Å². The molecule has 0 spiro atoms. The van der Waals surface area contributed by atoms with Gasteiger partial charge in [0.2, 0.25) is 0 Å². The predicted octanol–water partition coefficient (Wildman–Crippen LogP) is 0.607. The van der Waals surface area contributed by atoms with Gasteiger partial charge in [-0.2, -0.15) is 0 Å². The maximum absolute atomic E-state index is 11.4. The SMILES string of the molecule is CCOC(=O)C(C)(N)CN(C)C(C)C. The number of hydrogen-bond donors (Lipinski definition) is 1. The highest BCUT2D eigenvalue weighted by Gasteiger charge is 2.31. The summed E-state index contributed by atoms with van der Waals surface area (Å²) in [5.74, 6) is -0.340. The van der Waals surface area contributed by atoms with Gasteiger partial charge in [0, 0.05) is 12.6 Å². The lowest BCUT2D eigenvalue weighted by molar-refractivity contribution is -0.149. The van der Waals surface area contributed by atoms with Crippen molar-refractivity contribution < 1.29 is 9.53 Å². The fraction of sp³-hybridized carbons (Fsp3) is 0.900. The molecule has 0 aliphatic heterocycles. The molecule has 1 atom stereocenters. The molecule has 0 aromatic carbocycles. The van der Waals surface area contributed by atoms with Crippen molar-refractivity contribution in [3.8, 4) is 0 Å². The molecular formula is C10H22N2O2. The van der Waals surface area contributed by atoms with Crippen molar-refractivity contribution in [1.82, 2.24) is 4.90 Å². The summed E-state index contributed by atoms with van der Waals surface area (Å²) in [4.78, 5) is 13.5. The van der Waals surface area contributed by atoms with Crippen molar-refractivity contribution in [2.75, 3.05) is 20.2 Å². The van der Waals surface area contributed by atoms with Gasteiger partial charge in [-0.05, 0) is 34.7 Å². The highest BCUT2D eigenvalue weighted by Crippen LogP contribution is 2.07. The smallest absolute Gasteiger partial charge is 0.327 e. The Balaban J connectivity index is 4.25. The Morgan fingerprint density at radius 1 is 1.57 bits per heavy atom. The van der Waals surface area contributed by atoms with Crippen LogP contribution in [0.1, 0.15) is 27.7 Å². The molecule has 1 unspecified atom stereocenters. The molecule has 0 amide bonds. The van der Waals surface area contributed by atoms with E-state index in [0.29, 0.717) is 19.2 Å². The van der Waals surface area contributed by atoms with E-state index in [1.165, 1.54) is 0 Å². The first-order valence-corrected chi connectivity index (χ1v) is 4.97. The zero-order valence-corrected chi connectivity index (χ0v) is 9.83. The van der Waals surface area contributed by atoms with Crippen LogP contribution in [0.5, 0.6) is 0 Å². The van der Waals surface area contributed by atoms with Gasteiger partial charge in [0.15, 0.2) is 0 Å². The number of ether oxygens (including phenoxy) is 1. The van der Waals surface area contributed by atoms with E-state index in [2.05, 4.69) is 13.8 Å². The number of carbonyl (C=O) groups is 1. The number of rotatable bonds is 5. The van der Waals surface area contributed by atoms with Gasteiger partial charge in [0.25, 0.3) is 0 Å². The topological polar surface area (TPSA) is 55.6 Å². The summed E-state index contributed by atoms with van der Waals surface area (Å²) in [6.45, 7) is 8.47. The maximum Gasteiger partial charge on any atom is 0.327 e. The number of likely N-dealkylation sites (N-methyl/N-ethyl adjacent to an activating group) is 1. The van der Waals surface area contributed by atoms with Crippen LogP contribution in [0.2, 0.25) is 0 Å². The van der Waals surface area contributed by atoms with E-state index in [1.54, 1.807) is 13.8 Å². The average molecular weight is 202 g/mol. The molecule has 0 aromatic rings. The summed E-state index contributed by atoms with van der Waals surface area (Å²) in [7, 11) is 1.94. The summed E-state index contributed by atoms with van der Waals surface area (Å²) < 4.78 is 4.90. The molecule has 0 saturated carbocycles. The van der Waals surface area contributed by atoms with Gasteiger partial charge in [0.1, 0.15) is 5.54 Å². The van der Waals surface area contributed by atoms with Crippen molar-refractivity contribution in [1.29, 1.82) is 0 Å². The molecule has 84 valence electrons. The lowest BCUT2D eigenvalue weighted by Gasteiger charge is -2.30. The van der Waals surface area contributed by atoms with Crippen molar-refractivity contribution >= 4 is 5.97 Å². The number of nitrogens with zero attached hydrogens (tertiary/aromatic N) is 1. The van der Waals surface area contributed by atoms with E-state index in [0.717, 1.165) is 0 Å². The van der Waals surface area contributed by atoms with Crippen LogP contribution in [0.3, 0.4) is 0 Å². The second kappa shape index (κ2) is 5.32. The highest BCUT2D eigenvalue weighted by molar-refractivity contribution is 5.80. The average Bonchev–Trinajstić information content (AvgIpc) is 2.03. The van der Waals surface area contributed by atoms with Gasteiger partial charge in [-0.15, -0.1) is 0 Å². The second-order valence-corrected chi connectivity index (χ2v) is 4.15. The molecule has 0 aromatic heterocycles. The molecule has 0 heterocycles. The minimum absolute atomic E-state index is 0.340. The van der Waals surface area contributed by atoms with Crippen molar-refractivity contribution in [3.63, 3.8) is 0 Å². The van der Waals surface area contributed by atoms with E-state index in [4.69, 9.17) is 10.5 Å². The fourth-order valence-electron chi connectivity index (χ4n) is 1.06. The quantitative estimate of drug-likeness (QED) is 0.664. The lowest BCUT2D eigenvalue weighted by atomic mass is 10.0. The number of esters is 1. The normalized spacial score (nSPS) is 15.7. The number of carbonyl (C=O) groups excluding carboxylic acids is 1. The summed E-state index contributed by atoms with van der Waals surface area (Å²) in [6, 6.07) is 0.368. The summed E-state index contributed by atoms with van der Waals surface area (Å²) in [6.07, 6.45) is 0. The molecule has 0 aliphatic rings. The molecular weight excluding hydrogens is 180 g/mol. The van der Waals surface area contributed by atoms with Crippen molar-refractivity contribution in [2.24, 2.45) is 5.73 Å². The molecule has 2 N–H and O–H groups in total. The molecule has 0 aliphatic carbocycles. The van der Waals surface area contributed by atoms with Crippen molar-refractivity contribution in [3.05, 3.63) is 0 Å². The Kier molecular flexibility index (Phi) is 5.08. The third kappa shape index (κ3) is 4.07. The summed E-state index contributed by atoms with van der Waals surface area (Å²) >= 11 is 0. The third-order valence-electron chi connectivity index (χ3n) is 2.20. The van der Waals surface area contributed by atoms with Gasteiger partial charge in [-0.25, -0.2) is 0 Å². The van der Waals surface area contributed by atoms with Gasteiger partial charge in [-0.1, -0.05) is 0 Å². The zero-order chi connectivity index (χ0) is 11.4. The standard InChI is InChI=1S/C10H22N2O2/c1-6-14-9(13)10(4,11)7-12(5)8(2)3/h8H,6-7,11H2,1-5H3. The van der Waals surface area contributed by atoms with E-state index in [1.807, 2.05) is 11.9 Å². The number of nitrogens with two attached hydrogens (primary N) is 1. The molecule has 0 bridgehead atoms. The zero-order valence-electron chi connectivity index (χ0n) is 9.83. The molecule has 4 heteroatoms. The lowest BCUT2D eigenvalue weighted by Crippen LogP contribution is -2.54. The van der Waals surface area contributed by atoms with Gasteiger partial charge < -0.3 is 15.4 Å². The minimum Gasteiger partial charge on any atom is -0.465 e. The summed E-state index contributed by atoms with van der Waals surface area (Å²) in [5.41, 5.74) is 4.95. The van der Waals surface area contributed by atoms with Crippen LogP contribution in [0.15, 0.2) is 0 Å². The first-order chi connectivity index (χ1) is 6.31. The van der Waals surface area contributed by atoms with Gasteiger partial charge >= 0.3 is 5.97 Å². The molecule has 0 rings (SSSR count). The first-order valence-electron chi connectivity index (χ1n) is 4.97. The van der Waals surface area contributed by atoms with Crippen LogP contribution in [0.4, 0.5) is 0 Å². The van der Waals surface area contributed by atoms with Crippen LogP contribution in [0, 0.1) is 0 Å². The Hall–Kier alpha value is -0.610. The van der Waals surface area contributed by atoms with E-state index in [-0.39, 0.29) is 5.97 Å². The summed E-state index contributed by atoms with van der Waals surface area (Å²) in [5, 5.41) is 0. The second-order valence-electron chi connectivity index (χ2n) is 4.15. The largest absolute Gasteiger partial charge is 0.465 e. The monoisotopic (exact) mass is 202 g/mol. The van der Waals surface area contributed by atoms with Crippen LogP contribution in [0.25, 0.3) is 0 Å². The highest BCUT2D eigenvalue weighted by atomic mass is 16.5. The Labute approximate surface area is 86.4 Å². The molecule has 14 heavy (non-hydrogen) atoms. The predicted molar refractivity (Wildman–Crippen MR) is 57.0 cm³/mol. The minimum atomic E-state index is -0.922. The Bertz CT molecular complexity index is 191. The van der Waals surface area contributed by atoms with Crippen LogP contribution < -0.4 is 5.73 Å². The van der Waals surface area contributed by atoms with E-state index in [9.17, 15) is 4.79 Å². The molecule has 0 fully saturated rings. The number of hydrogen-bond acceptors (Lipinski definition) is 4. The van der Waals surface area contributed by atoms with Gasteiger partial charge in [0.05, 0.1) is 6.61 Å². The molecule has 0 saturated heterocycles. The Morgan fingerprint density at radius 3 is 2.43 bits per heavy atom. The fourth-order valence-corrected chi connectivity index (χ4v) is 1.06. The Morgan fingerprint density at radius 2 is 2.07 bits per heavy atom. The van der Waals surface area contributed by atoms with Crippen LogP contribution in [-0.2, 0) is 9.53 Å². The first kappa shape index (κ1) is 13.4. The molecule has 4 nitrogen and oxygen atoms in total. The van der Waals surface area contributed by atoms with E-state index < -0.39 is 5.54 Å². The van der Waals surface area contributed by atoms with Gasteiger partial charge in [-0.3, -0.25) is 4.79 Å². The maximum atomic E-state index is 11.4. The van der Waals surface area contributed by atoms with Crippen LogP contribution >= 0.6 is 0 Å². The third-order valence-corrected chi connectivity index (χ3v) is 2.20. The van der Waals surface area contributed by atoms with Crippen molar-refractivity contribution in [2.45, 2.75) is 39.3 Å². The molecule has 0 radical (unpaired) electrons.